The highest BCUT2D eigenvalue weighted by molar-refractivity contribution is 7.91. The fourth-order valence-electron chi connectivity index (χ4n) is 1.92. The topological polar surface area (TPSA) is 95.5 Å². The lowest BCUT2D eigenvalue weighted by atomic mass is 10.0. The van der Waals surface area contributed by atoms with Crippen molar-refractivity contribution in [2.75, 3.05) is 5.32 Å². The number of benzene rings is 1. The number of rotatable bonds is 6. The van der Waals surface area contributed by atoms with E-state index in [2.05, 4.69) is 10.0 Å². The van der Waals surface area contributed by atoms with Crippen LogP contribution in [0.3, 0.4) is 0 Å². The van der Waals surface area contributed by atoms with Gasteiger partial charge in [-0.2, -0.15) is 4.72 Å². The molecule has 1 unspecified atom stereocenters. The first-order valence-electron chi connectivity index (χ1n) is 6.96. The Bertz CT molecular complexity index is 771. The summed E-state index contributed by atoms with van der Waals surface area (Å²) in [6, 6.07) is 8.42. The van der Waals surface area contributed by atoms with E-state index in [9.17, 15) is 18.3 Å². The summed E-state index contributed by atoms with van der Waals surface area (Å²) < 4.78 is 27.2. The molecule has 0 aliphatic rings. The number of phenolic OH excluding ortho intramolecular Hbond substituents is 1. The number of aromatic hydroxyl groups is 1. The van der Waals surface area contributed by atoms with Crippen molar-refractivity contribution < 1.29 is 18.3 Å². The van der Waals surface area contributed by atoms with Crippen LogP contribution in [0.15, 0.2) is 46.0 Å². The van der Waals surface area contributed by atoms with Gasteiger partial charge < -0.3 is 10.4 Å². The maximum absolute atomic E-state index is 12.4. The molecular weight excluding hydrogens is 336 g/mol. The first-order chi connectivity index (χ1) is 10.8. The lowest BCUT2D eigenvalue weighted by Gasteiger charge is -2.21. The number of carbonyl (C=O) groups is 1. The van der Waals surface area contributed by atoms with Crippen molar-refractivity contribution in [3.63, 3.8) is 0 Å². The minimum atomic E-state index is -3.76. The maximum atomic E-state index is 12.4. The first kappa shape index (κ1) is 17.5. The Morgan fingerprint density at radius 2 is 1.87 bits per heavy atom. The summed E-state index contributed by atoms with van der Waals surface area (Å²) >= 11 is 1.08. The number of para-hydroxylation sites is 2. The summed E-state index contributed by atoms with van der Waals surface area (Å²) in [5, 5.41) is 13.9. The smallest absolute Gasteiger partial charge is 0.250 e. The molecule has 0 aliphatic carbocycles. The van der Waals surface area contributed by atoms with Gasteiger partial charge in [0.2, 0.25) is 5.91 Å². The summed E-state index contributed by atoms with van der Waals surface area (Å²) in [5.74, 6) is -0.873. The minimum absolute atomic E-state index is 0.0792. The molecule has 1 heterocycles. The number of phenols is 1. The van der Waals surface area contributed by atoms with E-state index in [-0.39, 0.29) is 21.6 Å². The van der Waals surface area contributed by atoms with Crippen LogP contribution in [0, 0.1) is 5.92 Å². The lowest BCUT2D eigenvalue weighted by Crippen LogP contribution is -2.46. The molecule has 3 N–H and O–H groups in total. The second kappa shape index (κ2) is 7.12. The van der Waals surface area contributed by atoms with Crippen LogP contribution >= 0.6 is 11.3 Å². The molecular formula is C15H18N2O4S2. The largest absolute Gasteiger partial charge is 0.506 e. The number of carbonyl (C=O) groups excluding carboxylic acids is 1. The van der Waals surface area contributed by atoms with Crippen molar-refractivity contribution in [1.82, 2.24) is 4.72 Å². The van der Waals surface area contributed by atoms with E-state index >= 15 is 0 Å². The number of anilines is 1. The quantitative estimate of drug-likeness (QED) is 0.694. The van der Waals surface area contributed by atoms with Gasteiger partial charge in [0.05, 0.1) is 5.69 Å². The normalized spacial score (nSPS) is 13.0. The zero-order chi connectivity index (χ0) is 17.0. The maximum Gasteiger partial charge on any atom is 0.250 e. The van der Waals surface area contributed by atoms with Crippen molar-refractivity contribution in [1.29, 1.82) is 0 Å². The van der Waals surface area contributed by atoms with E-state index in [4.69, 9.17) is 0 Å². The SMILES string of the molecule is CC(C)C(NS(=O)(=O)c1cccs1)C(=O)Nc1ccccc1O. The Morgan fingerprint density at radius 3 is 2.43 bits per heavy atom. The Labute approximate surface area is 139 Å². The third-order valence-electron chi connectivity index (χ3n) is 3.15. The molecule has 0 aliphatic heterocycles. The molecule has 6 nitrogen and oxygen atoms in total. The second-order valence-corrected chi connectivity index (χ2v) is 8.17. The van der Waals surface area contributed by atoms with Gasteiger partial charge >= 0.3 is 0 Å². The zero-order valence-electron chi connectivity index (χ0n) is 12.7. The van der Waals surface area contributed by atoms with Crippen LogP contribution < -0.4 is 10.0 Å². The van der Waals surface area contributed by atoms with E-state index in [1.807, 2.05) is 0 Å². The monoisotopic (exact) mass is 354 g/mol. The van der Waals surface area contributed by atoms with Crippen LogP contribution in [0.25, 0.3) is 0 Å². The molecule has 0 bridgehead atoms. The Balaban J connectivity index is 2.19. The molecule has 0 spiro atoms. The number of hydrogen-bond acceptors (Lipinski definition) is 5. The average molecular weight is 354 g/mol. The number of amides is 1. The van der Waals surface area contributed by atoms with Crippen LogP contribution in [0.1, 0.15) is 13.8 Å². The van der Waals surface area contributed by atoms with Crippen LogP contribution in [0.5, 0.6) is 5.75 Å². The van der Waals surface area contributed by atoms with Crippen molar-refractivity contribution in [3.05, 3.63) is 41.8 Å². The number of nitrogens with one attached hydrogen (secondary N) is 2. The molecule has 1 aromatic heterocycles. The van der Waals surface area contributed by atoms with Gasteiger partial charge in [-0.15, -0.1) is 11.3 Å². The molecule has 0 radical (unpaired) electrons. The first-order valence-corrected chi connectivity index (χ1v) is 9.32. The third kappa shape index (κ3) is 4.31. The van der Waals surface area contributed by atoms with Gasteiger partial charge in [-0.05, 0) is 29.5 Å². The molecule has 1 aromatic carbocycles. The predicted molar refractivity (Wildman–Crippen MR) is 90.0 cm³/mol. The second-order valence-electron chi connectivity index (χ2n) is 5.28. The minimum Gasteiger partial charge on any atom is -0.506 e. The van der Waals surface area contributed by atoms with Gasteiger partial charge in [0.15, 0.2) is 0 Å². The van der Waals surface area contributed by atoms with E-state index in [1.54, 1.807) is 43.5 Å². The Kier molecular flexibility index (Phi) is 5.40. The summed E-state index contributed by atoms with van der Waals surface area (Å²) in [5.41, 5.74) is 0.235. The molecule has 1 atom stereocenters. The van der Waals surface area contributed by atoms with Crippen molar-refractivity contribution in [2.45, 2.75) is 24.1 Å². The third-order valence-corrected chi connectivity index (χ3v) is 5.99. The Hall–Kier alpha value is -1.90. The van der Waals surface area contributed by atoms with Gasteiger partial charge in [-0.1, -0.05) is 32.0 Å². The van der Waals surface area contributed by atoms with Crippen molar-refractivity contribution in [2.24, 2.45) is 5.92 Å². The molecule has 124 valence electrons. The standard InChI is InChI=1S/C15H18N2O4S2/c1-10(2)14(17-23(20,21)13-8-5-9-22-13)15(19)16-11-6-3-4-7-12(11)18/h3-10,14,17-18H,1-2H3,(H,16,19). The summed E-state index contributed by atoms with van der Waals surface area (Å²) in [6.45, 7) is 3.48. The van der Waals surface area contributed by atoms with E-state index in [1.165, 1.54) is 12.1 Å². The van der Waals surface area contributed by atoms with Gasteiger partial charge in [-0.25, -0.2) is 8.42 Å². The summed E-state index contributed by atoms with van der Waals surface area (Å²) in [4.78, 5) is 12.4. The molecule has 2 aromatic rings. The molecule has 8 heteroatoms. The predicted octanol–water partition coefficient (Wildman–Crippen LogP) is 2.40. The van der Waals surface area contributed by atoms with Crippen LogP contribution in [-0.2, 0) is 14.8 Å². The molecule has 1 amide bonds. The lowest BCUT2D eigenvalue weighted by molar-refractivity contribution is -0.118. The highest BCUT2D eigenvalue weighted by Gasteiger charge is 2.29. The number of sulfonamides is 1. The number of hydrogen-bond donors (Lipinski definition) is 3. The molecule has 23 heavy (non-hydrogen) atoms. The van der Waals surface area contributed by atoms with Crippen LogP contribution in [-0.4, -0.2) is 25.5 Å². The van der Waals surface area contributed by atoms with E-state index < -0.39 is 22.0 Å². The van der Waals surface area contributed by atoms with Gasteiger partial charge in [-0.3, -0.25) is 4.79 Å². The van der Waals surface area contributed by atoms with E-state index in [0.717, 1.165) is 11.3 Å². The zero-order valence-corrected chi connectivity index (χ0v) is 14.3. The summed E-state index contributed by atoms with van der Waals surface area (Å²) in [7, 11) is -3.76. The average Bonchev–Trinajstić information content (AvgIpc) is 3.02. The Morgan fingerprint density at radius 1 is 1.17 bits per heavy atom. The number of thiophene rings is 1. The van der Waals surface area contributed by atoms with Crippen molar-refractivity contribution >= 4 is 33.0 Å². The molecule has 0 fully saturated rings. The molecule has 2 rings (SSSR count). The van der Waals surface area contributed by atoms with Crippen LogP contribution in [0.2, 0.25) is 0 Å². The van der Waals surface area contributed by atoms with E-state index in [0.29, 0.717) is 0 Å². The summed E-state index contributed by atoms with van der Waals surface area (Å²) in [6.07, 6.45) is 0. The fourth-order valence-corrected chi connectivity index (χ4v) is 4.28. The fraction of sp³-hybridized carbons (Fsp3) is 0.267. The highest BCUT2D eigenvalue weighted by atomic mass is 32.2. The van der Waals surface area contributed by atoms with Gasteiger partial charge in [0.25, 0.3) is 10.0 Å². The van der Waals surface area contributed by atoms with Gasteiger partial charge in [0, 0.05) is 0 Å². The van der Waals surface area contributed by atoms with Crippen molar-refractivity contribution in [3.8, 4) is 5.75 Å². The highest BCUT2D eigenvalue weighted by Crippen LogP contribution is 2.23. The molecule has 0 saturated carbocycles. The molecule has 0 saturated heterocycles. The van der Waals surface area contributed by atoms with Gasteiger partial charge in [0.1, 0.15) is 16.0 Å². The van der Waals surface area contributed by atoms with Crippen LogP contribution in [0.4, 0.5) is 5.69 Å².